The van der Waals surface area contributed by atoms with E-state index < -0.39 is 15.8 Å². The lowest BCUT2D eigenvalue weighted by molar-refractivity contribution is 0.585. The highest BCUT2D eigenvalue weighted by Crippen LogP contribution is 2.20. The van der Waals surface area contributed by atoms with Gasteiger partial charge in [0, 0.05) is 6.54 Å². The highest BCUT2D eigenvalue weighted by atomic mass is 32.2. The van der Waals surface area contributed by atoms with Crippen molar-refractivity contribution < 1.29 is 12.8 Å². The lowest BCUT2D eigenvalue weighted by Crippen LogP contribution is -2.34. The van der Waals surface area contributed by atoms with Crippen LogP contribution < -0.4 is 10.0 Å². The van der Waals surface area contributed by atoms with Gasteiger partial charge in [-0.15, -0.1) is 0 Å². The molecule has 6 heteroatoms. The molecule has 4 nitrogen and oxygen atoms in total. The summed E-state index contributed by atoms with van der Waals surface area (Å²) >= 11 is 0. The maximum atomic E-state index is 13.2. The molecule has 0 heterocycles. The molecule has 0 fully saturated rings. The van der Waals surface area contributed by atoms with Gasteiger partial charge in [0.1, 0.15) is 5.82 Å². The van der Waals surface area contributed by atoms with Crippen molar-refractivity contribution in [2.45, 2.75) is 26.2 Å². The van der Waals surface area contributed by atoms with E-state index >= 15 is 0 Å². The summed E-state index contributed by atoms with van der Waals surface area (Å²) in [5, 5.41) is 0. The Morgan fingerprint density at radius 3 is 2.63 bits per heavy atom. The molecule has 0 aliphatic carbocycles. The minimum atomic E-state index is -3.42. The van der Waals surface area contributed by atoms with Gasteiger partial charge < -0.3 is 5.73 Å². The Bertz CT molecular complexity index is 491. The number of benzene rings is 1. The van der Waals surface area contributed by atoms with Crippen LogP contribution in [0.4, 0.5) is 10.1 Å². The Kier molecular flexibility index (Phi) is 6.24. The molecule has 0 saturated carbocycles. The summed E-state index contributed by atoms with van der Waals surface area (Å²) in [7, 11) is -3.42. The van der Waals surface area contributed by atoms with Gasteiger partial charge in [0.15, 0.2) is 0 Å². The molecule has 0 aliphatic rings. The lowest BCUT2D eigenvalue weighted by atomic mass is 10.3. The summed E-state index contributed by atoms with van der Waals surface area (Å²) in [5.74, 6) is -0.370. The zero-order chi connectivity index (χ0) is 14.3. The molecule has 2 N–H and O–H groups in total. The van der Waals surface area contributed by atoms with Crippen LogP contribution in [-0.4, -0.2) is 27.3 Å². The summed E-state index contributed by atoms with van der Waals surface area (Å²) < 4.78 is 39.0. The number of rotatable bonds is 8. The largest absolute Gasteiger partial charge is 0.330 e. The summed E-state index contributed by atoms with van der Waals surface area (Å²) in [6.07, 6.45) is 1.94. The van der Waals surface area contributed by atoms with Crippen molar-refractivity contribution >= 4 is 15.7 Å². The SMILES string of the molecule is CCCCS(=O)(=O)N(CCCN)c1cccc(F)c1. The first-order valence-electron chi connectivity index (χ1n) is 6.47. The number of nitrogens with zero attached hydrogens (tertiary/aromatic N) is 1. The van der Waals surface area contributed by atoms with Crippen molar-refractivity contribution in [3.05, 3.63) is 30.1 Å². The van der Waals surface area contributed by atoms with E-state index in [2.05, 4.69) is 0 Å². The second-order valence-corrected chi connectivity index (χ2v) is 6.38. The Labute approximate surface area is 114 Å². The molecule has 0 atom stereocenters. The van der Waals surface area contributed by atoms with Crippen molar-refractivity contribution in [3.8, 4) is 0 Å². The standard InChI is InChI=1S/C13H21FN2O2S/c1-2-3-10-19(17,18)16(9-5-8-15)13-7-4-6-12(14)11-13/h4,6-7,11H,2-3,5,8-10,15H2,1H3. The maximum absolute atomic E-state index is 13.2. The minimum Gasteiger partial charge on any atom is -0.330 e. The molecule has 0 amide bonds. The molecule has 0 saturated heterocycles. The summed E-state index contributed by atoms with van der Waals surface area (Å²) in [4.78, 5) is 0. The topological polar surface area (TPSA) is 63.4 Å². The third-order valence-electron chi connectivity index (χ3n) is 2.75. The normalized spacial score (nSPS) is 11.5. The number of sulfonamides is 1. The van der Waals surface area contributed by atoms with Gasteiger partial charge in [0.2, 0.25) is 10.0 Å². The molecule has 1 aromatic rings. The number of anilines is 1. The van der Waals surface area contributed by atoms with Gasteiger partial charge in [0.05, 0.1) is 11.4 Å². The van der Waals surface area contributed by atoms with Crippen molar-refractivity contribution in [1.29, 1.82) is 0 Å². The molecular weight excluding hydrogens is 267 g/mol. The van der Waals surface area contributed by atoms with Gasteiger partial charge in [-0.05, 0) is 37.6 Å². The van der Waals surface area contributed by atoms with E-state index in [-0.39, 0.29) is 12.3 Å². The Hall–Kier alpha value is -1.14. The van der Waals surface area contributed by atoms with Crippen molar-refractivity contribution in [3.63, 3.8) is 0 Å². The third-order valence-corrected chi connectivity index (χ3v) is 4.62. The highest BCUT2D eigenvalue weighted by Gasteiger charge is 2.21. The summed E-state index contributed by atoms with van der Waals surface area (Å²) in [6.45, 7) is 2.61. The third kappa shape index (κ3) is 4.80. The fourth-order valence-corrected chi connectivity index (χ4v) is 3.45. The molecular formula is C13H21FN2O2S. The molecule has 19 heavy (non-hydrogen) atoms. The van der Waals surface area contributed by atoms with Crippen LogP contribution in [0.25, 0.3) is 0 Å². The van der Waals surface area contributed by atoms with Crippen LogP contribution in [0.2, 0.25) is 0 Å². The molecule has 1 aromatic carbocycles. The van der Waals surface area contributed by atoms with Crippen LogP contribution in [0.3, 0.4) is 0 Å². The van der Waals surface area contributed by atoms with Crippen molar-refractivity contribution in [2.24, 2.45) is 5.73 Å². The zero-order valence-corrected chi connectivity index (χ0v) is 12.0. The first kappa shape index (κ1) is 15.9. The lowest BCUT2D eigenvalue weighted by Gasteiger charge is -2.24. The zero-order valence-electron chi connectivity index (χ0n) is 11.2. The van der Waals surface area contributed by atoms with Gasteiger partial charge >= 0.3 is 0 Å². The predicted octanol–water partition coefficient (Wildman–Crippen LogP) is 2.11. The molecule has 0 aliphatic heterocycles. The fraction of sp³-hybridized carbons (Fsp3) is 0.538. The number of halogens is 1. The fourth-order valence-electron chi connectivity index (χ4n) is 1.73. The maximum Gasteiger partial charge on any atom is 0.235 e. The number of unbranched alkanes of at least 4 members (excludes halogenated alkanes) is 1. The smallest absolute Gasteiger partial charge is 0.235 e. The average molecular weight is 288 g/mol. The molecule has 108 valence electrons. The van der Waals surface area contributed by atoms with Crippen molar-refractivity contribution in [2.75, 3.05) is 23.1 Å². The van der Waals surface area contributed by atoms with Gasteiger partial charge in [-0.3, -0.25) is 4.31 Å². The van der Waals surface area contributed by atoms with Crippen LogP contribution in [0.5, 0.6) is 0 Å². The van der Waals surface area contributed by atoms with Crippen LogP contribution in [0, 0.1) is 5.82 Å². The van der Waals surface area contributed by atoms with Gasteiger partial charge in [0.25, 0.3) is 0 Å². The summed E-state index contributed by atoms with van der Waals surface area (Å²) in [6, 6.07) is 5.64. The Balaban J connectivity index is 3.00. The van der Waals surface area contributed by atoms with Crippen LogP contribution in [-0.2, 0) is 10.0 Å². The van der Waals surface area contributed by atoms with Crippen LogP contribution in [0.1, 0.15) is 26.2 Å². The number of nitrogens with two attached hydrogens (primary N) is 1. The number of hydrogen-bond acceptors (Lipinski definition) is 3. The summed E-state index contributed by atoms with van der Waals surface area (Å²) in [5.41, 5.74) is 5.80. The van der Waals surface area contributed by atoms with E-state index in [1.54, 1.807) is 6.07 Å². The van der Waals surface area contributed by atoms with Crippen LogP contribution >= 0.6 is 0 Å². The minimum absolute atomic E-state index is 0.0740. The van der Waals surface area contributed by atoms with Gasteiger partial charge in [-0.1, -0.05) is 19.4 Å². The van der Waals surface area contributed by atoms with Gasteiger partial charge in [-0.2, -0.15) is 0 Å². The Morgan fingerprint density at radius 1 is 1.32 bits per heavy atom. The molecule has 0 bridgehead atoms. The second-order valence-electron chi connectivity index (χ2n) is 4.36. The highest BCUT2D eigenvalue weighted by molar-refractivity contribution is 7.92. The molecule has 0 spiro atoms. The second kappa shape index (κ2) is 7.45. The van der Waals surface area contributed by atoms with E-state index in [1.165, 1.54) is 22.5 Å². The van der Waals surface area contributed by atoms with Crippen LogP contribution in [0.15, 0.2) is 24.3 Å². The van der Waals surface area contributed by atoms with Gasteiger partial charge in [-0.25, -0.2) is 12.8 Å². The van der Waals surface area contributed by atoms with E-state index in [0.29, 0.717) is 25.1 Å². The van der Waals surface area contributed by atoms with E-state index in [4.69, 9.17) is 5.73 Å². The van der Waals surface area contributed by atoms with E-state index in [1.807, 2.05) is 6.92 Å². The average Bonchev–Trinajstić information content (AvgIpc) is 2.37. The molecule has 0 unspecified atom stereocenters. The molecule has 1 rings (SSSR count). The molecule has 0 aromatic heterocycles. The molecule has 0 radical (unpaired) electrons. The van der Waals surface area contributed by atoms with E-state index in [9.17, 15) is 12.8 Å². The monoisotopic (exact) mass is 288 g/mol. The number of hydrogen-bond donors (Lipinski definition) is 1. The quantitative estimate of drug-likeness (QED) is 0.797. The van der Waals surface area contributed by atoms with Crippen molar-refractivity contribution in [1.82, 2.24) is 0 Å². The first-order valence-corrected chi connectivity index (χ1v) is 8.08. The Morgan fingerprint density at radius 2 is 2.05 bits per heavy atom. The first-order chi connectivity index (χ1) is 9.01. The predicted molar refractivity (Wildman–Crippen MR) is 76.1 cm³/mol. The van der Waals surface area contributed by atoms with E-state index in [0.717, 1.165) is 6.42 Å².